The molecular formula is C17H23F3O. The highest BCUT2D eigenvalue weighted by Crippen LogP contribution is 2.24. The predicted molar refractivity (Wildman–Crippen MR) is 80.2 cm³/mol. The lowest BCUT2D eigenvalue weighted by Gasteiger charge is -2.19. The van der Waals surface area contributed by atoms with Crippen LogP contribution >= 0.6 is 0 Å². The zero-order valence-corrected chi connectivity index (χ0v) is 12.8. The van der Waals surface area contributed by atoms with Crippen LogP contribution in [0.2, 0.25) is 0 Å². The van der Waals surface area contributed by atoms with Crippen LogP contribution in [0.4, 0.5) is 13.2 Å². The normalized spacial score (nSPS) is 15.1. The van der Waals surface area contributed by atoms with Gasteiger partial charge in [-0.1, -0.05) is 45.1 Å². The highest BCUT2D eigenvalue weighted by Gasteiger charge is 2.20. The van der Waals surface area contributed by atoms with E-state index in [4.69, 9.17) is 4.74 Å². The van der Waals surface area contributed by atoms with E-state index in [2.05, 4.69) is 20.8 Å². The van der Waals surface area contributed by atoms with E-state index >= 15 is 0 Å². The van der Waals surface area contributed by atoms with Gasteiger partial charge in [0, 0.05) is 0 Å². The number of hydrogen-bond donors (Lipinski definition) is 0. The highest BCUT2D eigenvalue weighted by atomic mass is 19.2. The molecule has 1 nitrogen and oxygen atoms in total. The van der Waals surface area contributed by atoms with Gasteiger partial charge < -0.3 is 4.74 Å². The molecule has 0 N–H and O–H groups in total. The van der Waals surface area contributed by atoms with Crippen molar-refractivity contribution >= 4 is 0 Å². The van der Waals surface area contributed by atoms with Gasteiger partial charge in [-0.25, -0.2) is 13.2 Å². The van der Waals surface area contributed by atoms with E-state index in [1.165, 1.54) is 12.2 Å². The molecule has 0 heterocycles. The summed E-state index contributed by atoms with van der Waals surface area (Å²) in [6.07, 6.45) is -1.07. The maximum atomic E-state index is 13.6. The fourth-order valence-corrected chi connectivity index (χ4v) is 1.77. The van der Waals surface area contributed by atoms with Gasteiger partial charge in [0.15, 0.2) is 6.17 Å². The van der Waals surface area contributed by atoms with E-state index in [9.17, 15) is 13.2 Å². The molecule has 1 aromatic carbocycles. The van der Waals surface area contributed by atoms with Crippen LogP contribution in [-0.4, -0.2) is 25.6 Å². The maximum Gasteiger partial charge on any atom is 0.165 e. The van der Waals surface area contributed by atoms with Gasteiger partial charge in [0.05, 0.1) is 0 Å². The quantitative estimate of drug-likeness (QED) is 0.647. The number of rotatable bonds is 7. The van der Waals surface area contributed by atoms with Gasteiger partial charge in [-0.15, -0.1) is 0 Å². The fraction of sp³-hybridized carbons (Fsp3) is 0.529. The highest BCUT2D eigenvalue weighted by molar-refractivity contribution is 5.31. The van der Waals surface area contributed by atoms with Crippen molar-refractivity contribution in [2.45, 2.75) is 45.0 Å². The molecule has 2 unspecified atom stereocenters. The second-order valence-electron chi connectivity index (χ2n) is 5.98. The van der Waals surface area contributed by atoms with Crippen LogP contribution in [0.25, 0.3) is 0 Å². The molecule has 1 aromatic rings. The first kappa shape index (κ1) is 17.6. The van der Waals surface area contributed by atoms with E-state index in [1.807, 2.05) is 12.1 Å². The Bertz CT molecular complexity index is 434. The molecule has 0 aliphatic rings. The second kappa shape index (κ2) is 8.11. The standard InChI is InChI=1S/C17H23F3O/c1-17(2,3)13-7-9-14(10-8-13)21-12-16(20)15(19)6-4-5-11-18/h4-5,7-10,15-16H,6,11-12H2,1-3H3. The largest absolute Gasteiger partial charge is 0.490 e. The van der Waals surface area contributed by atoms with Crippen molar-refractivity contribution < 1.29 is 17.9 Å². The molecule has 4 heteroatoms. The minimum Gasteiger partial charge on any atom is -0.490 e. The molecule has 1 rings (SSSR count). The molecule has 0 aliphatic carbocycles. The zero-order chi connectivity index (χ0) is 15.9. The number of halogens is 3. The van der Waals surface area contributed by atoms with Crippen molar-refractivity contribution in [1.82, 2.24) is 0 Å². The third-order valence-electron chi connectivity index (χ3n) is 3.14. The van der Waals surface area contributed by atoms with Crippen molar-refractivity contribution in [3.8, 4) is 5.75 Å². The summed E-state index contributed by atoms with van der Waals surface area (Å²) < 4.78 is 44.0. The van der Waals surface area contributed by atoms with Crippen molar-refractivity contribution in [2.75, 3.05) is 13.3 Å². The minimum absolute atomic E-state index is 0.0357. The van der Waals surface area contributed by atoms with Crippen molar-refractivity contribution in [1.29, 1.82) is 0 Å². The Hall–Kier alpha value is -1.45. The summed E-state index contributed by atoms with van der Waals surface area (Å²) in [6, 6.07) is 7.34. The number of alkyl halides is 3. The first-order chi connectivity index (χ1) is 9.84. The van der Waals surface area contributed by atoms with Gasteiger partial charge in [0.1, 0.15) is 25.2 Å². The third kappa shape index (κ3) is 6.23. The number of benzene rings is 1. The lowest BCUT2D eigenvalue weighted by Crippen LogP contribution is -2.24. The van der Waals surface area contributed by atoms with Crippen LogP contribution in [0.5, 0.6) is 5.75 Å². The molecular weight excluding hydrogens is 277 g/mol. The Labute approximate surface area is 124 Å². The molecule has 0 aromatic heterocycles. The molecule has 118 valence electrons. The molecule has 0 aliphatic heterocycles. The fourth-order valence-electron chi connectivity index (χ4n) is 1.77. The van der Waals surface area contributed by atoms with Crippen molar-refractivity contribution in [3.05, 3.63) is 42.0 Å². The first-order valence-corrected chi connectivity index (χ1v) is 7.07. The average molecular weight is 300 g/mol. The second-order valence-corrected chi connectivity index (χ2v) is 5.98. The number of ether oxygens (including phenoxy) is 1. The topological polar surface area (TPSA) is 9.23 Å². The van der Waals surface area contributed by atoms with Gasteiger partial charge in [0.2, 0.25) is 0 Å². The van der Waals surface area contributed by atoms with Gasteiger partial charge in [-0.3, -0.25) is 0 Å². The van der Waals surface area contributed by atoms with Gasteiger partial charge in [-0.2, -0.15) is 0 Å². The lowest BCUT2D eigenvalue weighted by atomic mass is 9.87. The summed E-state index contributed by atoms with van der Waals surface area (Å²) >= 11 is 0. The number of hydrogen-bond acceptors (Lipinski definition) is 1. The Morgan fingerprint density at radius 2 is 1.67 bits per heavy atom. The monoisotopic (exact) mass is 300 g/mol. The Balaban J connectivity index is 2.46. The molecule has 0 fully saturated rings. The molecule has 0 spiro atoms. The maximum absolute atomic E-state index is 13.6. The summed E-state index contributed by atoms with van der Waals surface area (Å²) in [7, 11) is 0. The molecule has 0 radical (unpaired) electrons. The third-order valence-corrected chi connectivity index (χ3v) is 3.14. The molecule has 0 bridgehead atoms. The summed E-state index contributed by atoms with van der Waals surface area (Å²) in [6.45, 7) is 5.27. The smallest absolute Gasteiger partial charge is 0.165 e. The Morgan fingerprint density at radius 3 is 2.19 bits per heavy atom. The predicted octanol–water partition coefficient (Wildman–Crippen LogP) is 4.95. The van der Waals surface area contributed by atoms with Crippen LogP contribution in [-0.2, 0) is 5.41 Å². The van der Waals surface area contributed by atoms with E-state index < -0.39 is 19.0 Å². The molecule has 0 amide bonds. The van der Waals surface area contributed by atoms with Crippen LogP contribution in [0.15, 0.2) is 36.4 Å². The van der Waals surface area contributed by atoms with Crippen LogP contribution in [0.3, 0.4) is 0 Å². The summed E-state index contributed by atoms with van der Waals surface area (Å²) in [4.78, 5) is 0. The minimum atomic E-state index is -1.73. The van der Waals surface area contributed by atoms with Crippen LogP contribution < -0.4 is 4.74 Å². The van der Waals surface area contributed by atoms with Crippen LogP contribution in [0.1, 0.15) is 32.8 Å². The SMILES string of the molecule is CC(C)(C)c1ccc(OCC(F)C(F)CC=CCF)cc1. The first-order valence-electron chi connectivity index (χ1n) is 7.07. The zero-order valence-electron chi connectivity index (χ0n) is 12.8. The van der Waals surface area contributed by atoms with E-state index in [0.717, 1.165) is 5.56 Å². The van der Waals surface area contributed by atoms with E-state index in [0.29, 0.717) is 5.75 Å². The van der Waals surface area contributed by atoms with Crippen molar-refractivity contribution in [3.63, 3.8) is 0 Å². The van der Waals surface area contributed by atoms with E-state index in [1.54, 1.807) is 12.1 Å². The molecule has 0 saturated heterocycles. The van der Waals surface area contributed by atoms with Crippen LogP contribution in [0, 0.1) is 0 Å². The molecule has 2 atom stereocenters. The summed E-state index contributed by atoms with van der Waals surface area (Å²) in [5.41, 5.74) is 1.18. The summed E-state index contributed by atoms with van der Waals surface area (Å²) in [5.74, 6) is 0.511. The van der Waals surface area contributed by atoms with Gasteiger partial charge >= 0.3 is 0 Å². The summed E-state index contributed by atoms with van der Waals surface area (Å²) in [5, 5.41) is 0. The van der Waals surface area contributed by atoms with Gasteiger partial charge in [0.25, 0.3) is 0 Å². The van der Waals surface area contributed by atoms with Crippen molar-refractivity contribution in [2.24, 2.45) is 0 Å². The van der Waals surface area contributed by atoms with Gasteiger partial charge in [-0.05, 0) is 29.5 Å². The Morgan fingerprint density at radius 1 is 1.05 bits per heavy atom. The lowest BCUT2D eigenvalue weighted by molar-refractivity contribution is 0.110. The molecule has 0 saturated carbocycles. The molecule has 21 heavy (non-hydrogen) atoms. The average Bonchev–Trinajstić information content (AvgIpc) is 2.44. The van der Waals surface area contributed by atoms with E-state index in [-0.39, 0.29) is 18.4 Å². The Kier molecular flexibility index (Phi) is 6.79. The number of allylic oxidation sites excluding steroid dienone is 2.